The van der Waals surface area contributed by atoms with Crippen molar-refractivity contribution in [2.75, 3.05) is 5.32 Å². The first-order valence-electron chi connectivity index (χ1n) is 6.79. The highest BCUT2D eigenvalue weighted by Gasteiger charge is 2.36. The van der Waals surface area contributed by atoms with Gasteiger partial charge in [-0.15, -0.1) is 0 Å². The Balaban J connectivity index is 3.25. The van der Waals surface area contributed by atoms with Crippen molar-refractivity contribution in [1.29, 1.82) is 5.26 Å². The number of anilines is 1. The summed E-state index contributed by atoms with van der Waals surface area (Å²) < 4.78 is 0. The van der Waals surface area contributed by atoms with Gasteiger partial charge in [-0.3, -0.25) is 14.9 Å². The van der Waals surface area contributed by atoms with Crippen LogP contribution in [0.2, 0.25) is 0 Å². The highest BCUT2D eigenvalue weighted by atomic mass is 16.6. The van der Waals surface area contributed by atoms with Gasteiger partial charge in [0.15, 0.2) is 0 Å². The lowest BCUT2D eigenvalue weighted by Gasteiger charge is -2.22. The number of rotatable bonds is 5. The number of amides is 1. The van der Waals surface area contributed by atoms with E-state index in [1.54, 1.807) is 26.8 Å². The van der Waals surface area contributed by atoms with Crippen LogP contribution in [0.1, 0.15) is 37.8 Å². The number of hydrogen-bond donors (Lipinski definition) is 1. The van der Waals surface area contributed by atoms with Gasteiger partial charge in [0.1, 0.15) is 11.1 Å². The van der Waals surface area contributed by atoms with E-state index in [4.69, 9.17) is 0 Å². The van der Waals surface area contributed by atoms with E-state index in [9.17, 15) is 20.2 Å². The maximum absolute atomic E-state index is 12.3. The van der Waals surface area contributed by atoms with Crippen LogP contribution in [0.5, 0.6) is 0 Å². The minimum Gasteiger partial charge on any atom is -0.319 e. The SMILES string of the molecule is CCC(C#N)(CC)C(=O)Nc1cc(C)c(C)cc1[N+](=O)[O-]. The van der Waals surface area contributed by atoms with Crippen molar-refractivity contribution < 1.29 is 9.72 Å². The third-order valence-corrected chi connectivity index (χ3v) is 3.91. The minimum atomic E-state index is -1.16. The van der Waals surface area contributed by atoms with Gasteiger partial charge in [-0.1, -0.05) is 13.8 Å². The van der Waals surface area contributed by atoms with Gasteiger partial charge < -0.3 is 5.32 Å². The molecule has 0 spiro atoms. The van der Waals surface area contributed by atoms with E-state index in [0.717, 1.165) is 11.1 Å². The third-order valence-electron chi connectivity index (χ3n) is 3.91. The molecule has 0 heterocycles. The predicted octanol–water partition coefficient (Wildman–Crippen LogP) is 3.48. The molecule has 1 aromatic rings. The van der Waals surface area contributed by atoms with Crippen LogP contribution in [0.3, 0.4) is 0 Å². The Labute approximate surface area is 123 Å². The van der Waals surface area contributed by atoms with E-state index in [1.807, 2.05) is 13.0 Å². The first-order chi connectivity index (χ1) is 9.81. The van der Waals surface area contributed by atoms with Crippen LogP contribution >= 0.6 is 0 Å². The summed E-state index contributed by atoms with van der Waals surface area (Å²) in [6.07, 6.45) is 0.703. The first-order valence-corrected chi connectivity index (χ1v) is 6.79. The number of nitriles is 1. The molecule has 0 aliphatic carbocycles. The second-order valence-corrected chi connectivity index (χ2v) is 5.07. The average molecular weight is 289 g/mol. The first kappa shape index (κ1) is 16.6. The van der Waals surface area contributed by atoms with Gasteiger partial charge in [0.2, 0.25) is 5.91 Å². The van der Waals surface area contributed by atoms with Gasteiger partial charge in [-0.05, 0) is 43.9 Å². The molecule has 0 aromatic heterocycles. The van der Waals surface area contributed by atoms with Crippen LogP contribution in [0, 0.1) is 40.7 Å². The zero-order chi connectivity index (χ0) is 16.2. The van der Waals surface area contributed by atoms with Crippen molar-refractivity contribution >= 4 is 17.3 Å². The molecule has 1 rings (SSSR count). The van der Waals surface area contributed by atoms with Gasteiger partial charge in [0.05, 0.1) is 11.0 Å². The molecule has 21 heavy (non-hydrogen) atoms. The van der Waals surface area contributed by atoms with Gasteiger partial charge in [0, 0.05) is 6.07 Å². The summed E-state index contributed by atoms with van der Waals surface area (Å²) >= 11 is 0. The van der Waals surface area contributed by atoms with E-state index in [1.165, 1.54) is 6.07 Å². The summed E-state index contributed by atoms with van der Waals surface area (Å²) in [6, 6.07) is 5.02. The van der Waals surface area contributed by atoms with E-state index in [2.05, 4.69) is 5.32 Å². The lowest BCUT2D eigenvalue weighted by molar-refractivity contribution is -0.384. The topological polar surface area (TPSA) is 96.0 Å². The quantitative estimate of drug-likeness (QED) is 0.663. The minimum absolute atomic E-state index is 0.134. The Morgan fingerprint density at radius 3 is 2.29 bits per heavy atom. The van der Waals surface area contributed by atoms with Crippen molar-refractivity contribution in [3.05, 3.63) is 33.4 Å². The number of carbonyl (C=O) groups excluding carboxylic acids is 1. The molecule has 0 fully saturated rings. The Morgan fingerprint density at radius 1 is 1.33 bits per heavy atom. The second-order valence-electron chi connectivity index (χ2n) is 5.07. The molecule has 0 unspecified atom stereocenters. The highest BCUT2D eigenvalue weighted by Crippen LogP contribution is 2.32. The fourth-order valence-electron chi connectivity index (χ4n) is 2.07. The van der Waals surface area contributed by atoms with Gasteiger partial charge >= 0.3 is 0 Å². The molecule has 0 saturated heterocycles. The van der Waals surface area contributed by atoms with Gasteiger partial charge in [-0.25, -0.2) is 0 Å². The Kier molecular flexibility index (Phi) is 5.03. The van der Waals surface area contributed by atoms with Crippen LogP contribution in [0.25, 0.3) is 0 Å². The van der Waals surface area contributed by atoms with Crippen molar-refractivity contribution in [2.24, 2.45) is 5.41 Å². The number of nitro groups is 1. The molecule has 1 aromatic carbocycles. The fraction of sp³-hybridized carbons (Fsp3) is 0.467. The summed E-state index contributed by atoms with van der Waals surface area (Å²) in [4.78, 5) is 22.9. The van der Waals surface area contributed by atoms with E-state index < -0.39 is 16.2 Å². The molecular weight excluding hydrogens is 270 g/mol. The number of carbonyl (C=O) groups is 1. The summed E-state index contributed by atoms with van der Waals surface area (Å²) in [7, 11) is 0. The monoisotopic (exact) mass is 289 g/mol. The fourth-order valence-corrected chi connectivity index (χ4v) is 2.07. The molecule has 1 N–H and O–H groups in total. The molecule has 0 saturated carbocycles. The Morgan fingerprint density at radius 2 is 1.86 bits per heavy atom. The predicted molar refractivity (Wildman–Crippen MR) is 79.8 cm³/mol. The van der Waals surface area contributed by atoms with Crippen LogP contribution in [-0.4, -0.2) is 10.8 Å². The molecule has 1 amide bonds. The number of hydrogen-bond acceptors (Lipinski definition) is 4. The molecular formula is C15H19N3O3. The molecule has 6 nitrogen and oxygen atoms in total. The Bertz CT molecular complexity index is 613. The standard InChI is InChI=1S/C15H19N3O3/c1-5-15(6-2,9-16)14(19)17-12-7-10(3)11(4)8-13(12)18(20)21/h7-8H,5-6H2,1-4H3,(H,17,19). The van der Waals surface area contributed by atoms with Crippen LogP contribution in [-0.2, 0) is 4.79 Å². The number of nitro benzene ring substituents is 1. The van der Waals surface area contributed by atoms with Crippen molar-refractivity contribution in [1.82, 2.24) is 0 Å². The largest absolute Gasteiger partial charge is 0.319 e. The van der Waals surface area contributed by atoms with Crippen LogP contribution in [0.15, 0.2) is 12.1 Å². The van der Waals surface area contributed by atoms with Crippen LogP contribution < -0.4 is 5.32 Å². The number of nitrogens with zero attached hydrogens (tertiary/aromatic N) is 2. The molecule has 0 aliphatic heterocycles. The third kappa shape index (κ3) is 3.19. The number of benzene rings is 1. The van der Waals surface area contributed by atoms with Crippen molar-refractivity contribution in [2.45, 2.75) is 40.5 Å². The smallest absolute Gasteiger partial charge is 0.293 e. The normalized spacial score (nSPS) is 10.8. The van der Waals surface area contributed by atoms with E-state index in [-0.39, 0.29) is 11.4 Å². The lowest BCUT2D eigenvalue weighted by Crippen LogP contribution is -2.34. The van der Waals surface area contributed by atoms with Gasteiger partial charge in [0.25, 0.3) is 5.69 Å². The summed E-state index contributed by atoms with van der Waals surface area (Å²) in [6.45, 7) is 7.08. The molecule has 6 heteroatoms. The molecule has 0 atom stereocenters. The maximum Gasteiger partial charge on any atom is 0.293 e. The summed E-state index contributed by atoms with van der Waals surface area (Å²) in [5.74, 6) is -0.499. The maximum atomic E-state index is 12.3. The van der Waals surface area contributed by atoms with Crippen LogP contribution in [0.4, 0.5) is 11.4 Å². The van der Waals surface area contributed by atoms with E-state index >= 15 is 0 Å². The van der Waals surface area contributed by atoms with Crippen molar-refractivity contribution in [3.63, 3.8) is 0 Å². The Hall–Kier alpha value is -2.42. The second kappa shape index (κ2) is 6.35. The molecule has 112 valence electrons. The zero-order valence-electron chi connectivity index (χ0n) is 12.7. The highest BCUT2D eigenvalue weighted by molar-refractivity contribution is 5.99. The number of aryl methyl sites for hydroxylation is 2. The van der Waals surface area contributed by atoms with Crippen molar-refractivity contribution in [3.8, 4) is 6.07 Å². The summed E-state index contributed by atoms with van der Waals surface area (Å²) in [5.41, 5.74) is 0.427. The number of nitrogens with one attached hydrogen (secondary N) is 1. The van der Waals surface area contributed by atoms with Gasteiger partial charge in [-0.2, -0.15) is 5.26 Å². The molecule has 0 bridgehead atoms. The van der Waals surface area contributed by atoms with E-state index in [0.29, 0.717) is 12.8 Å². The molecule has 0 radical (unpaired) electrons. The summed E-state index contributed by atoms with van der Waals surface area (Å²) in [5, 5.41) is 22.9. The zero-order valence-corrected chi connectivity index (χ0v) is 12.7. The average Bonchev–Trinajstić information content (AvgIpc) is 2.44. The molecule has 0 aliphatic rings. The lowest BCUT2D eigenvalue weighted by atomic mass is 9.83.